The van der Waals surface area contributed by atoms with Gasteiger partial charge in [-0.1, -0.05) is 73.2 Å². The van der Waals surface area contributed by atoms with Crippen molar-refractivity contribution < 1.29 is 18.0 Å². The van der Waals surface area contributed by atoms with E-state index in [2.05, 4.69) is 5.32 Å². The summed E-state index contributed by atoms with van der Waals surface area (Å²) in [6, 6.07) is 22.0. The molecular formula is C30H37N3O4S. The van der Waals surface area contributed by atoms with Crippen molar-refractivity contribution in [1.29, 1.82) is 0 Å². The number of amides is 2. The highest BCUT2D eigenvalue weighted by Gasteiger charge is 2.34. The van der Waals surface area contributed by atoms with Crippen LogP contribution in [0.1, 0.15) is 43.9 Å². The predicted octanol–water partition coefficient (Wildman–Crippen LogP) is 4.83. The van der Waals surface area contributed by atoms with E-state index in [0.717, 1.165) is 21.0 Å². The van der Waals surface area contributed by atoms with Crippen LogP contribution in [0.15, 0.2) is 83.8 Å². The Hall–Kier alpha value is -3.65. The third-order valence-electron chi connectivity index (χ3n) is 6.28. The minimum absolute atomic E-state index is 0.0886. The minimum atomic E-state index is -4.07. The molecule has 3 aromatic carbocycles. The number of anilines is 1. The van der Waals surface area contributed by atoms with Crippen LogP contribution in [0.2, 0.25) is 0 Å². The zero-order valence-corrected chi connectivity index (χ0v) is 23.5. The highest BCUT2D eigenvalue weighted by Crippen LogP contribution is 2.27. The van der Waals surface area contributed by atoms with E-state index >= 15 is 0 Å². The number of aryl methyl sites for hydroxylation is 2. The number of hydrogen-bond donors (Lipinski definition) is 1. The van der Waals surface area contributed by atoms with Gasteiger partial charge in [0.1, 0.15) is 12.6 Å². The summed E-state index contributed by atoms with van der Waals surface area (Å²) in [7, 11) is -4.07. The van der Waals surface area contributed by atoms with Crippen LogP contribution in [0.4, 0.5) is 5.69 Å². The smallest absolute Gasteiger partial charge is 0.264 e. The second-order valence-corrected chi connectivity index (χ2v) is 11.6. The van der Waals surface area contributed by atoms with Crippen molar-refractivity contribution in [2.24, 2.45) is 0 Å². The molecule has 0 aromatic heterocycles. The van der Waals surface area contributed by atoms with Crippen LogP contribution in [-0.4, -0.2) is 43.8 Å². The zero-order valence-electron chi connectivity index (χ0n) is 22.7. The minimum Gasteiger partial charge on any atom is -0.352 e. The molecule has 0 aliphatic carbocycles. The van der Waals surface area contributed by atoms with Crippen LogP contribution in [0, 0.1) is 13.8 Å². The first kappa shape index (κ1) is 28.9. The normalized spacial score (nSPS) is 12.2. The number of carbonyl (C=O) groups is 2. The molecule has 0 unspecified atom stereocenters. The standard InChI is InChI=1S/C30H37N3O4S/c1-6-27(30(35)31-22(2)3)32(20-25-18-16-23(4)17-19-25)29(34)21-33(28-15-11-10-12-24(28)5)38(36,37)26-13-8-7-9-14-26/h7-19,22,27H,6,20-21H2,1-5H3,(H,31,35)/t27-/m0/s1. The van der Waals surface area contributed by atoms with Crippen LogP contribution in [0.5, 0.6) is 0 Å². The fraction of sp³-hybridized carbons (Fsp3) is 0.333. The number of carbonyl (C=O) groups excluding carboxylic acids is 2. The first-order chi connectivity index (χ1) is 18.0. The second-order valence-electron chi connectivity index (χ2n) is 9.71. The summed E-state index contributed by atoms with van der Waals surface area (Å²) in [5.41, 5.74) is 3.07. The summed E-state index contributed by atoms with van der Waals surface area (Å²) in [6.45, 7) is 9.09. The van der Waals surface area contributed by atoms with Crippen LogP contribution in [0.25, 0.3) is 0 Å². The van der Waals surface area contributed by atoms with Gasteiger partial charge in [0.05, 0.1) is 10.6 Å². The van der Waals surface area contributed by atoms with Crippen molar-refractivity contribution in [3.05, 3.63) is 95.6 Å². The lowest BCUT2D eigenvalue weighted by Crippen LogP contribution is -2.53. The van der Waals surface area contributed by atoms with Crippen LogP contribution in [0.3, 0.4) is 0 Å². The van der Waals surface area contributed by atoms with E-state index in [-0.39, 0.29) is 23.4 Å². The van der Waals surface area contributed by atoms with Gasteiger partial charge in [0.2, 0.25) is 11.8 Å². The molecule has 0 radical (unpaired) electrons. The Balaban J connectivity index is 2.06. The molecule has 0 heterocycles. The van der Waals surface area contributed by atoms with Crippen molar-refractivity contribution in [2.75, 3.05) is 10.8 Å². The second kappa shape index (κ2) is 12.7. The van der Waals surface area contributed by atoms with E-state index in [1.165, 1.54) is 17.0 Å². The molecule has 3 aromatic rings. The maximum Gasteiger partial charge on any atom is 0.264 e. The summed E-state index contributed by atoms with van der Waals surface area (Å²) < 4.78 is 28.8. The summed E-state index contributed by atoms with van der Waals surface area (Å²) in [4.78, 5) is 28.8. The van der Waals surface area contributed by atoms with E-state index in [1.807, 2.05) is 71.0 Å². The maximum absolute atomic E-state index is 14.0. The summed E-state index contributed by atoms with van der Waals surface area (Å²) >= 11 is 0. The third-order valence-corrected chi connectivity index (χ3v) is 8.06. The summed E-state index contributed by atoms with van der Waals surface area (Å²) in [5.74, 6) is -0.726. The van der Waals surface area contributed by atoms with Gasteiger partial charge in [0, 0.05) is 12.6 Å². The van der Waals surface area contributed by atoms with Crippen LogP contribution in [-0.2, 0) is 26.2 Å². The first-order valence-electron chi connectivity index (χ1n) is 12.8. The quantitative estimate of drug-likeness (QED) is 0.381. The lowest BCUT2D eigenvalue weighted by Gasteiger charge is -2.34. The Morgan fingerprint density at radius 1 is 0.868 bits per heavy atom. The van der Waals surface area contributed by atoms with Crippen molar-refractivity contribution in [3.63, 3.8) is 0 Å². The summed E-state index contributed by atoms with van der Waals surface area (Å²) in [6.07, 6.45) is 0.381. The number of para-hydroxylation sites is 1. The van der Waals surface area contributed by atoms with Gasteiger partial charge < -0.3 is 10.2 Å². The van der Waals surface area contributed by atoms with Crippen LogP contribution >= 0.6 is 0 Å². The predicted molar refractivity (Wildman–Crippen MR) is 151 cm³/mol. The highest BCUT2D eigenvalue weighted by molar-refractivity contribution is 7.92. The molecule has 2 amide bonds. The van der Waals surface area contributed by atoms with Gasteiger partial charge in [0.15, 0.2) is 0 Å². The Kier molecular flexibility index (Phi) is 9.69. The number of benzene rings is 3. The van der Waals surface area contributed by atoms with E-state index in [0.29, 0.717) is 12.1 Å². The molecule has 1 atom stereocenters. The van der Waals surface area contributed by atoms with E-state index in [4.69, 9.17) is 0 Å². The molecule has 8 heteroatoms. The molecule has 3 rings (SSSR count). The number of sulfonamides is 1. The molecule has 7 nitrogen and oxygen atoms in total. The number of rotatable bonds is 11. The molecule has 0 spiro atoms. The fourth-order valence-electron chi connectivity index (χ4n) is 4.27. The molecule has 0 aliphatic heterocycles. The van der Waals surface area contributed by atoms with Crippen LogP contribution < -0.4 is 9.62 Å². The zero-order chi connectivity index (χ0) is 27.9. The van der Waals surface area contributed by atoms with Gasteiger partial charge in [-0.15, -0.1) is 0 Å². The molecule has 38 heavy (non-hydrogen) atoms. The topological polar surface area (TPSA) is 86.8 Å². The van der Waals surface area contributed by atoms with Crippen molar-refractivity contribution in [2.45, 2.75) is 64.6 Å². The van der Waals surface area contributed by atoms with Gasteiger partial charge >= 0.3 is 0 Å². The lowest BCUT2D eigenvalue weighted by molar-refractivity contribution is -0.140. The third kappa shape index (κ3) is 7.01. The van der Waals surface area contributed by atoms with E-state index in [9.17, 15) is 18.0 Å². The molecule has 1 N–H and O–H groups in total. The van der Waals surface area contributed by atoms with E-state index in [1.54, 1.807) is 30.3 Å². The molecule has 0 saturated carbocycles. The average molecular weight is 536 g/mol. The number of nitrogens with zero attached hydrogens (tertiary/aromatic N) is 2. The largest absolute Gasteiger partial charge is 0.352 e. The fourth-order valence-corrected chi connectivity index (χ4v) is 5.77. The molecule has 0 bridgehead atoms. The Morgan fingerprint density at radius 3 is 2.05 bits per heavy atom. The molecule has 202 valence electrons. The maximum atomic E-state index is 14.0. The average Bonchev–Trinajstić information content (AvgIpc) is 2.88. The van der Waals surface area contributed by atoms with Gasteiger partial charge in [-0.25, -0.2) is 8.42 Å². The highest BCUT2D eigenvalue weighted by atomic mass is 32.2. The summed E-state index contributed by atoms with van der Waals surface area (Å²) in [5, 5.41) is 2.91. The van der Waals surface area contributed by atoms with Gasteiger partial charge in [-0.2, -0.15) is 0 Å². The SMILES string of the molecule is CC[C@@H](C(=O)NC(C)C)N(Cc1ccc(C)cc1)C(=O)CN(c1ccccc1C)S(=O)(=O)c1ccccc1. The molecule has 0 saturated heterocycles. The lowest BCUT2D eigenvalue weighted by atomic mass is 10.1. The first-order valence-corrected chi connectivity index (χ1v) is 14.3. The number of nitrogens with one attached hydrogen (secondary N) is 1. The van der Waals surface area contributed by atoms with Gasteiger partial charge in [-0.05, 0) is 63.4 Å². The van der Waals surface area contributed by atoms with E-state index < -0.39 is 28.5 Å². The molecular weight excluding hydrogens is 498 g/mol. The van der Waals surface area contributed by atoms with Crippen molar-refractivity contribution in [3.8, 4) is 0 Å². The number of hydrogen-bond acceptors (Lipinski definition) is 4. The van der Waals surface area contributed by atoms with Gasteiger partial charge in [-0.3, -0.25) is 13.9 Å². The molecule has 0 fully saturated rings. The van der Waals surface area contributed by atoms with Crippen molar-refractivity contribution >= 4 is 27.5 Å². The Morgan fingerprint density at radius 2 is 1.47 bits per heavy atom. The molecule has 0 aliphatic rings. The van der Waals surface area contributed by atoms with Gasteiger partial charge in [0.25, 0.3) is 10.0 Å². The monoisotopic (exact) mass is 535 g/mol. The Bertz CT molecular complexity index is 1340. The van der Waals surface area contributed by atoms with Crippen molar-refractivity contribution in [1.82, 2.24) is 10.2 Å². The Labute approximate surface area is 226 Å².